The second-order valence-electron chi connectivity index (χ2n) is 14.1. The number of carbonyl (C=O) groups excluding carboxylic acids is 3. The quantitative estimate of drug-likeness (QED) is 0.393. The molecule has 2 saturated heterocycles. The SMILES string of the molecule is COC1OC[C@@]23[C@H]4C(=O)[C@H](OC(C)=O)[C@@]5(C)[C@@H](c6ccoc6)C[C@H]6O[C@]65[C@]4(C)[C@H](O)C[C@H]2[C@@]1(C)[C@H](OC(C)=O)C[C@@H]3O. The van der Waals surface area contributed by atoms with Gasteiger partial charge in [0, 0.05) is 50.0 Å². The van der Waals surface area contributed by atoms with Crippen LogP contribution in [-0.4, -0.2) is 84.1 Å². The third-order valence-electron chi connectivity index (χ3n) is 12.8. The van der Waals surface area contributed by atoms with E-state index in [1.807, 2.05) is 26.8 Å². The number of fused-ring (bicyclic) bond motifs is 1. The van der Waals surface area contributed by atoms with Crippen LogP contribution in [0.1, 0.15) is 65.4 Å². The van der Waals surface area contributed by atoms with Crippen molar-refractivity contribution in [2.24, 2.45) is 33.5 Å². The van der Waals surface area contributed by atoms with Crippen LogP contribution in [0, 0.1) is 33.5 Å². The Hall–Kier alpha value is -2.31. The molecule has 0 aromatic carbocycles. The van der Waals surface area contributed by atoms with Gasteiger partial charge in [-0.05, 0) is 30.4 Å². The van der Waals surface area contributed by atoms with E-state index in [-0.39, 0.29) is 37.3 Å². The Morgan fingerprint density at radius 2 is 1.71 bits per heavy atom. The van der Waals surface area contributed by atoms with E-state index in [1.54, 1.807) is 12.5 Å². The number of esters is 2. The molecule has 6 aliphatic rings. The molecule has 2 aliphatic heterocycles. The smallest absolute Gasteiger partial charge is 0.303 e. The first kappa shape index (κ1) is 28.5. The minimum absolute atomic E-state index is 0.0200. The Labute approximate surface area is 244 Å². The number of aliphatic hydroxyl groups excluding tert-OH is 2. The van der Waals surface area contributed by atoms with Crippen LogP contribution in [-0.2, 0) is 38.1 Å². The van der Waals surface area contributed by atoms with Crippen LogP contribution < -0.4 is 0 Å². The van der Waals surface area contributed by atoms with Crippen LogP contribution in [0.25, 0.3) is 0 Å². The monoisotopic (exact) mass is 588 g/mol. The molecule has 1 aromatic rings. The highest BCUT2D eigenvalue weighted by atomic mass is 16.7. The first-order valence-electron chi connectivity index (χ1n) is 14.8. The summed E-state index contributed by atoms with van der Waals surface area (Å²) in [6.07, 6.45) is -1.20. The minimum Gasteiger partial charge on any atom is -0.472 e. The third kappa shape index (κ3) is 2.93. The number of ketones is 1. The highest BCUT2D eigenvalue weighted by molar-refractivity contribution is 5.93. The molecular weight excluding hydrogens is 548 g/mol. The Balaban J connectivity index is 1.44. The summed E-state index contributed by atoms with van der Waals surface area (Å²) < 4.78 is 35.9. The van der Waals surface area contributed by atoms with E-state index < -0.39 is 81.7 Å². The van der Waals surface area contributed by atoms with Crippen molar-refractivity contribution in [3.05, 3.63) is 24.2 Å². The molecule has 0 radical (unpaired) electrons. The molecule has 11 heteroatoms. The highest BCUT2D eigenvalue weighted by Gasteiger charge is 2.92. The zero-order chi connectivity index (χ0) is 30.2. The molecule has 1 spiro atoms. The summed E-state index contributed by atoms with van der Waals surface area (Å²) in [4.78, 5) is 39.9. The fraction of sp³-hybridized carbons (Fsp3) is 0.774. The molecule has 1 aromatic heterocycles. The molecule has 42 heavy (non-hydrogen) atoms. The molecule has 11 nitrogen and oxygen atoms in total. The van der Waals surface area contributed by atoms with Gasteiger partial charge in [0.1, 0.15) is 11.7 Å². The van der Waals surface area contributed by atoms with E-state index >= 15 is 4.79 Å². The van der Waals surface area contributed by atoms with Crippen LogP contribution in [0.2, 0.25) is 0 Å². The zero-order valence-corrected chi connectivity index (χ0v) is 24.8. The van der Waals surface area contributed by atoms with E-state index in [9.17, 15) is 19.8 Å². The average molecular weight is 589 g/mol. The molecule has 0 amide bonds. The lowest BCUT2D eigenvalue weighted by molar-refractivity contribution is -0.377. The van der Waals surface area contributed by atoms with E-state index in [0.29, 0.717) is 6.42 Å². The number of furan rings is 1. The van der Waals surface area contributed by atoms with Crippen molar-refractivity contribution in [1.29, 1.82) is 0 Å². The van der Waals surface area contributed by atoms with Crippen LogP contribution in [0.15, 0.2) is 23.0 Å². The van der Waals surface area contributed by atoms with Crippen LogP contribution >= 0.6 is 0 Å². The van der Waals surface area contributed by atoms with Gasteiger partial charge in [-0.25, -0.2) is 0 Å². The molecule has 4 aliphatic carbocycles. The maximum Gasteiger partial charge on any atom is 0.303 e. The first-order valence-corrected chi connectivity index (χ1v) is 14.8. The number of hydrogen-bond donors (Lipinski definition) is 2. The van der Waals surface area contributed by atoms with Crippen LogP contribution in [0.3, 0.4) is 0 Å². The van der Waals surface area contributed by atoms with Crippen molar-refractivity contribution < 1.29 is 52.7 Å². The van der Waals surface area contributed by atoms with Gasteiger partial charge in [-0.1, -0.05) is 20.8 Å². The van der Waals surface area contributed by atoms with E-state index in [4.69, 9.17) is 28.1 Å². The molecule has 2 bridgehead atoms. The third-order valence-corrected chi connectivity index (χ3v) is 12.8. The summed E-state index contributed by atoms with van der Waals surface area (Å²) in [5, 5.41) is 24.4. The van der Waals surface area contributed by atoms with Gasteiger partial charge in [-0.15, -0.1) is 0 Å². The largest absolute Gasteiger partial charge is 0.472 e. The Kier molecular flexibility index (Phi) is 5.86. The second kappa shape index (κ2) is 8.65. The Morgan fingerprint density at radius 3 is 2.33 bits per heavy atom. The molecular formula is C31H40O11. The number of hydrogen-bond acceptors (Lipinski definition) is 11. The molecule has 6 fully saturated rings. The van der Waals surface area contributed by atoms with Gasteiger partial charge in [0.05, 0.1) is 48.3 Å². The van der Waals surface area contributed by atoms with Crippen LogP contribution in [0.4, 0.5) is 0 Å². The van der Waals surface area contributed by atoms with E-state index in [2.05, 4.69) is 0 Å². The Bertz CT molecular complexity index is 1330. The van der Waals surface area contributed by atoms with Crippen molar-refractivity contribution in [3.63, 3.8) is 0 Å². The second-order valence-corrected chi connectivity index (χ2v) is 14.1. The lowest BCUT2D eigenvalue weighted by Gasteiger charge is -2.73. The normalized spacial score (nSPS) is 53.7. The van der Waals surface area contributed by atoms with Crippen molar-refractivity contribution in [2.45, 2.75) is 102 Å². The maximum absolute atomic E-state index is 15.1. The molecule has 230 valence electrons. The number of rotatable bonds is 4. The molecule has 4 saturated carbocycles. The maximum atomic E-state index is 15.1. The van der Waals surface area contributed by atoms with Gasteiger partial charge in [0.15, 0.2) is 18.2 Å². The predicted molar refractivity (Wildman–Crippen MR) is 142 cm³/mol. The summed E-state index contributed by atoms with van der Waals surface area (Å²) in [5.41, 5.74) is -4.51. The molecule has 14 atom stereocenters. The zero-order valence-electron chi connectivity index (χ0n) is 24.8. The first-order chi connectivity index (χ1) is 19.8. The molecule has 3 heterocycles. The highest BCUT2D eigenvalue weighted by Crippen LogP contribution is 2.82. The average Bonchev–Trinajstić information content (AvgIpc) is 3.28. The van der Waals surface area contributed by atoms with Crippen molar-refractivity contribution >= 4 is 17.7 Å². The van der Waals surface area contributed by atoms with Crippen LogP contribution in [0.5, 0.6) is 0 Å². The molecule has 2 N–H and O–H groups in total. The van der Waals surface area contributed by atoms with Gasteiger partial charge in [-0.2, -0.15) is 0 Å². The number of methoxy groups -OCH3 is 1. The number of aliphatic hydroxyl groups is 2. The molecule has 7 rings (SSSR count). The van der Waals surface area contributed by atoms with Crippen molar-refractivity contribution in [3.8, 4) is 0 Å². The summed E-state index contributed by atoms with van der Waals surface area (Å²) in [7, 11) is 1.51. The fourth-order valence-corrected chi connectivity index (χ4v) is 11.3. The number of carbonyl (C=O) groups is 3. The number of epoxide rings is 1. The topological polar surface area (TPSA) is 154 Å². The minimum atomic E-state index is -1.20. The van der Waals surface area contributed by atoms with E-state index in [0.717, 1.165) is 5.56 Å². The lowest BCUT2D eigenvalue weighted by atomic mass is 9.33. The van der Waals surface area contributed by atoms with Gasteiger partial charge < -0.3 is 38.3 Å². The molecule has 1 unspecified atom stereocenters. The fourth-order valence-electron chi connectivity index (χ4n) is 11.3. The summed E-state index contributed by atoms with van der Waals surface area (Å²) >= 11 is 0. The summed E-state index contributed by atoms with van der Waals surface area (Å²) in [6, 6.07) is 1.86. The van der Waals surface area contributed by atoms with Crippen molar-refractivity contribution in [2.75, 3.05) is 13.7 Å². The standard InChI is InChI=1S/C31H40O11/c1-14(32)40-21-11-20(35)30-13-39-26(37-6)27(21,3)18(30)10-19(34)29(5)24(30)23(36)25(41-15(2)33)28(4)17(16-7-8-38-12-16)9-22-31(28,29)42-22/h7-8,12,17-22,24-26,34-35H,9-11,13H2,1-6H3/t17-,18+,19-,20+,21-,22-,24+,25+,26?,27+,28-,29-,30-,31-/m1/s1. The van der Waals surface area contributed by atoms with E-state index in [1.165, 1.54) is 21.0 Å². The lowest BCUT2D eigenvalue weighted by Crippen LogP contribution is -2.82. The number of Topliss-reactive ketones (excluding diaryl/α,β-unsaturated/α-hetero) is 1. The van der Waals surface area contributed by atoms with Gasteiger partial charge >= 0.3 is 11.9 Å². The van der Waals surface area contributed by atoms with Crippen molar-refractivity contribution in [1.82, 2.24) is 0 Å². The number of ether oxygens (including phenoxy) is 5. The van der Waals surface area contributed by atoms with Gasteiger partial charge in [0.2, 0.25) is 0 Å². The summed E-state index contributed by atoms with van der Waals surface area (Å²) in [6.45, 7) is 8.28. The Morgan fingerprint density at radius 1 is 1.00 bits per heavy atom. The van der Waals surface area contributed by atoms with Gasteiger partial charge in [-0.3, -0.25) is 14.4 Å². The van der Waals surface area contributed by atoms with Gasteiger partial charge in [0.25, 0.3) is 0 Å². The summed E-state index contributed by atoms with van der Waals surface area (Å²) in [5.74, 6) is -3.23. The predicted octanol–water partition coefficient (Wildman–Crippen LogP) is 2.12.